The lowest BCUT2D eigenvalue weighted by molar-refractivity contribution is -0.161. The predicted octanol–water partition coefficient (Wildman–Crippen LogP) is 1.09. The zero-order valence-electron chi connectivity index (χ0n) is 35.5. The molecule has 0 fully saturated rings. The summed E-state index contributed by atoms with van der Waals surface area (Å²) in [6, 6.07) is 11.9. The lowest BCUT2D eigenvalue weighted by Gasteiger charge is -2.30. The summed E-state index contributed by atoms with van der Waals surface area (Å²) in [6.45, 7) is -0.253. The number of hydrogen-bond donors (Lipinski definition) is 4. The molecule has 6 amide bonds. The van der Waals surface area contributed by atoms with Gasteiger partial charge in [0.1, 0.15) is 19.4 Å². The fourth-order valence-electron chi connectivity index (χ4n) is 5.86. The number of aryl methyl sites for hydroxylation is 1. The van der Waals surface area contributed by atoms with Crippen LogP contribution in [-0.2, 0) is 43.2 Å². The van der Waals surface area contributed by atoms with Crippen LogP contribution in [-0.4, -0.2) is 172 Å². The number of nitrogens with one attached hydrogen (secondary N) is 1. The highest BCUT2D eigenvalue weighted by molar-refractivity contribution is 6.00. The van der Waals surface area contributed by atoms with Crippen molar-refractivity contribution in [3.8, 4) is 0 Å². The second-order valence-corrected chi connectivity index (χ2v) is 14.2. The number of benzene rings is 2. The third-order valence-electron chi connectivity index (χ3n) is 9.15. The topological polar surface area (TPSA) is 286 Å². The summed E-state index contributed by atoms with van der Waals surface area (Å²) >= 11 is 0. The van der Waals surface area contributed by atoms with E-state index in [-0.39, 0.29) is 55.9 Å². The Kier molecular flexibility index (Phi) is 22.2. The van der Waals surface area contributed by atoms with Crippen LogP contribution < -0.4 is 5.32 Å². The lowest BCUT2D eigenvalue weighted by Crippen LogP contribution is -2.50. The van der Waals surface area contributed by atoms with Gasteiger partial charge in [-0.3, -0.25) is 43.2 Å². The molecule has 0 aliphatic carbocycles. The van der Waals surface area contributed by atoms with Gasteiger partial charge >= 0.3 is 23.9 Å². The van der Waals surface area contributed by atoms with E-state index in [0.29, 0.717) is 29.8 Å². The molecule has 0 spiro atoms. The van der Waals surface area contributed by atoms with Crippen LogP contribution >= 0.6 is 0 Å². The number of carboxylic acid groups (broad SMARTS) is 3. The Hall–Kier alpha value is -7.19. The molecule has 2 aromatic carbocycles. The Labute approximate surface area is 363 Å². The molecule has 2 rings (SSSR count). The average Bonchev–Trinajstić information content (AvgIpc) is 3.23. The van der Waals surface area contributed by atoms with Crippen molar-refractivity contribution in [2.75, 3.05) is 66.0 Å². The van der Waals surface area contributed by atoms with E-state index in [0.717, 1.165) is 38.3 Å². The Bertz CT molecular complexity index is 1990. The number of carbonyl (C=O) groups excluding carboxylic acids is 8. The molecule has 2 aromatic rings. The molecular weight excluding hydrogens is 828 g/mol. The first-order valence-corrected chi connectivity index (χ1v) is 20.0. The highest BCUT2D eigenvalue weighted by atomic mass is 16.7. The van der Waals surface area contributed by atoms with E-state index in [9.17, 15) is 68.1 Å². The van der Waals surface area contributed by atoms with Crippen LogP contribution in [0.3, 0.4) is 0 Å². The lowest BCUT2D eigenvalue weighted by atomic mass is 10.1. The SMILES string of the molecule is CCCN(CC(=O)N(CCC(=O)O)CC(=O)N(CCCCNC(=O)c1cccc(C)c1)CC(=O)O)C(=O)CN(CCC(=O)O)C(=O)c1cccc(C(=O)ON(C)C(=O)CCC=O)c1. The number of aldehydes is 1. The molecule has 0 aliphatic heterocycles. The predicted molar refractivity (Wildman–Crippen MR) is 221 cm³/mol. The maximum atomic E-state index is 13.8. The van der Waals surface area contributed by atoms with Gasteiger partial charge in [-0.2, -0.15) is 5.06 Å². The third kappa shape index (κ3) is 19.0. The standard InChI is InChI=1S/C42H54N6O15/c1-4-18-45(36(53)27-48(21-16-38(56)57)41(61)31-12-8-13-32(24-31)42(62)63-44(3)33(50)14-9-22-49)25-35(52)47(20-15-37(54)55)26-34(51)46(28-39(58)59)19-6-5-17-43-40(60)30-11-7-10-29(2)23-30/h7-8,10-13,22-24H,4-6,9,14-21,25-28H2,1-3H3,(H,43,60)(H,54,55)(H,56,57)(H,58,59). The van der Waals surface area contributed by atoms with Gasteiger partial charge in [-0.25, -0.2) is 4.79 Å². The molecule has 0 atom stereocenters. The van der Waals surface area contributed by atoms with Crippen LogP contribution in [0.25, 0.3) is 0 Å². The Morgan fingerprint density at radius 3 is 1.73 bits per heavy atom. The summed E-state index contributed by atoms with van der Waals surface area (Å²) in [5, 5.41) is 31.7. The van der Waals surface area contributed by atoms with Crippen molar-refractivity contribution >= 4 is 65.6 Å². The van der Waals surface area contributed by atoms with Crippen molar-refractivity contribution in [3.05, 3.63) is 70.8 Å². The van der Waals surface area contributed by atoms with E-state index >= 15 is 0 Å². The number of carbonyl (C=O) groups is 11. The van der Waals surface area contributed by atoms with Gasteiger partial charge in [0.2, 0.25) is 17.7 Å². The summed E-state index contributed by atoms with van der Waals surface area (Å²) < 4.78 is 0. The first-order valence-electron chi connectivity index (χ1n) is 20.0. The summed E-state index contributed by atoms with van der Waals surface area (Å²) in [6.07, 6.45) is -0.0682. The number of hydrogen-bond acceptors (Lipinski definition) is 12. The summed E-state index contributed by atoms with van der Waals surface area (Å²) in [5.41, 5.74) is 1.02. The fourth-order valence-corrected chi connectivity index (χ4v) is 5.86. The van der Waals surface area contributed by atoms with Crippen molar-refractivity contribution < 1.29 is 72.9 Å². The normalized spacial score (nSPS) is 10.5. The second-order valence-electron chi connectivity index (χ2n) is 14.2. The number of amides is 6. The van der Waals surface area contributed by atoms with Gasteiger partial charge in [0.15, 0.2) is 0 Å². The van der Waals surface area contributed by atoms with Gasteiger partial charge in [-0.05, 0) is 56.5 Å². The summed E-state index contributed by atoms with van der Waals surface area (Å²) in [5.74, 6) is -9.36. The molecule has 0 saturated heterocycles. The number of rotatable bonds is 27. The van der Waals surface area contributed by atoms with Gasteiger partial charge in [0.25, 0.3) is 17.7 Å². The molecule has 21 nitrogen and oxygen atoms in total. The number of carboxylic acids is 3. The minimum atomic E-state index is -1.35. The third-order valence-corrected chi connectivity index (χ3v) is 9.15. The van der Waals surface area contributed by atoms with Gasteiger partial charge in [0.05, 0.1) is 31.5 Å². The van der Waals surface area contributed by atoms with E-state index < -0.39 is 106 Å². The summed E-state index contributed by atoms with van der Waals surface area (Å²) in [7, 11) is 1.16. The highest BCUT2D eigenvalue weighted by Crippen LogP contribution is 2.13. The Morgan fingerprint density at radius 2 is 1.16 bits per heavy atom. The van der Waals surface area contributed by atoms with Crippen LogP contribution in [0.4, 0.5) is 0 Å². The van der Waals surface area contributed by atoms with Crippen LogP contribution in [0.5, 0.6) is 0 Å². The second kappa shape index (κ2) is 26.9. The molecular formula is C42H54N6O15. The van der Waals surface area contributed by atoms with Crippen LogP contribution in [0.1, 0.15) is 88.5 Å². The minimum absolute atomic E-state index is 0.0573. The first-order chi connectivity index (χ1) is 29.9. The van der Waals surface area contributed by atoms with E-state index in [1.165, 1.54) is 18.2 Å². The molecule has 0 radical (unpaired) electrons. The monoisotopic (exact) mass is 882 g/mol. The molecule has 0 heterocycles. The van der Waals surface area contributed by atoms with Gasteiger partial charge in [-0.1, -0.05) is 30.7 Å². The zero-order chi connectivity index (χ0) is 47.1. The van der Waals surface area contributed by atoms with E-state index in [1.807, 2.05) is 13.0 Å². The molecule has 0 unspecified atom stereocenters. The van der Waals surface area contributed by atoms with Crippen molar-refractivity contribution in [2.24, 2.45) is 0 Å². The number of nitrogens with zero attached hydrogens (tertiary/aromatic N) is 5. The molecule has 0 bridgehead atoms. The zero-order valence-corrected chi connectivity index (χ0v) is 35.5. The molecule has 0 saturated carbocycles. The smallest absolute Gasteiger partial charge is 0.363 e. The first kappa shape index (κ1) is 51.9. The van der Waals surface area contributed by atoms with Gasteiger partial charge in [-0.15, -0.1) is 0 Å². The Balaban J connectivity index is 2.21. The molecule has 0 aromatic heterocycles. The van der Waals surface area contributed by atoms with Gasteiger partial charge in [0, 0.05) is 63.7 Å². The quantitative estimate of drug-likeness (QED) is 0.0555. The molecule has 4 N–H and O–H groups in total. The molecule has 63 heavy (non-hydrogen) atoms. The Morgan fingerprint density at radius 1 is 0.619 bits per heavy atom. The number of aliphatic carboxylic acids is 3. The van der Waals surface area contributed by atoms with Crippen LogP contribution in [0.2, 0.25) is 0 Å². The van der Waals surface area contributed by atoms with E-state index in [4.69, 9.17) is 4.84 Å². The van der Waals surface area contributed by atoms with Crippen molar-refractivity contribution in [1.82, 2.24) is 30.0 Å². The summed E-state index contributed by atoms with van der Waals surface area (Å²) in [4.78, 5) is 146. The fraction of sp³-hybridized carbons (Fsp3) is 0.452. The largest absolute Gasteiger partial charge is 0.481 e. The van der Waals surface area contributed by atoms with Crippen molar-refractivity contribution in [1.29, 1.82) is 0 Å². The van der Waals surface area contributed by atoms with Crippen molar-refractivity contribution in [3.63, 3.8) is 0 Å². The van der Waals surface area contributed by atoms with E-state index in [2.05, 4.69) is 5.32 Å². The minimum Gasteiger partial charge on any atom is -0.481 e. The average molecular weight is 883 g/mol. The highest BCUT2D eigenvalue weighted by Gasteiger charge is 2.29. The van der Waals surface area contributed by atoms with Crippen LogP contribution in [0.15, 0.2) is 48.5 Å². The maximum absolute atomic E-state index is 13.8. The molecule has 0 aliphatic rings. The number of hydroxylamine groups is 2. The van der Waals surface area contributed by atoms with E-state index in [1.54, 1.807) is 25.1 Å². The van der Waals surface area contributed by atoms with Crippen molar-refractivity contribution in [2.45, 2.75) is 58.8 Å². The van der Waals surface area contributed by atoms with Gasteiger partial charge < -0.3 is 49.9 Å². The van der Waals surface area contributed by atoms with Crippen LogP contribution in [0, 0.1) is 6.92 Å². The number of unbranched alkanes of at least 4 members (excludes halogenated alkanes) is 1. The molecule has 21 heteroatoms. The molecule has 342 valence electrons. The maximum Gasteiger partial charge on any atom is 0.363 e.